The summed E-state index contributed by atoms with van der Waals surface area (Å²) in [6.45, 7) is 19.3. The molecule has 0 N–H and O–H groups in total. The van der Waals surface area contributed by atoms with Gasteiger partial charge in [0.1, 0.15) is 38.6 Å². The third kappa shape index (κ3) is 6.68. The molecule has 2 unspecified atom stereocenters. The van der Waals surface area contributed by atoms with Gasteiger partial charge in [-0.15, -0.1) is 22.7 Å². The van der Waals surface area contributed by atoms with Gasteiger partial charge in [-0.25, -0.2) is 0 Å². The van der Waals surface area contributed by atoms with Crippen molar-refractivity contribution in [2.75, 3.05) is 39.6 Å². The lowest BCUT2D eigenvalue weighted by Crippen LogP contribution is -2.51. The highest BCUT2D eigenvalue weighted by Gasteiger charge is 2.45. The van der Waals surface area contributed by atoms with Gasteiger partial charge in [0.05, 0.1) is 18.6 Å². The minimum Gasteiger partial charge on any atom is -0.488 e. The van der Waals surface area contributed by atoms with Crippen LogP contribution in [0.25, 0.3) is 0 Å². The van der Waals surface area contributed by atoms with Gasteiger partial charge in [-0.2, -0.15) is 0 Å². The van der Waals surface area contributed by atoms with Crippen LogP contribution < -0.4 is 18.9 Å². The summed E-state index contributed by atoms with van der Waals surface area (Å²) in [5.74, 6) is 2.46. The average molecular weight is 587 g/mol. The van der Waals surface area contributed by atoms with Gasteiger partial charge < -0.3 is 37.9 Å². The van der Waals surface area contributed by atoms with Gasteiger partial charge in [0, 0.05) is 19.5 Å². The maximum Gasteiger partial charge on any atom is 0.175 e. The van der Waals surface area contributed by atoms with Crippen molar-refractivity contribution in [1.82, 2.24) is 0 Å². The number of thiophene rings is 2. The number of ether oxygens (including phenoxy) is 8. The molecule has 39 heavy (non-hydrogen) atoms. The molecule has 0 radical (unpaired) electrons. The van der Waals surface area contributed by atoms with Crippen LogP contribution in [0.4, 0.5) is 0 Å². The fourth-order valence-electron chi connectivity index (χ4n) is 4.87. The zero-order valence-electron chi connectivity index (χ0n) is 23.0. The molecule has 2 atom stereocenters. The van der Waals surface area contributed by atoms with Gasteiger partial charge in [-0.05, 0) is 55.4 Å². The molecule has 8 nitrogen and oxygen atoms in total. The van der Waals surface area contributed by atoms with E-state index >= 15 is 0 Å². The first-order valence-electron chi connectivity index (χ1n) is 12.7. The van der Waals surface area contributed by atoms with E-state index < -0.39 is 11.6 Å². The van der Waals surface area contributed by atoms with Crippen molar-refractivity contribution in [2.24, 2.45) is 5.41 Å². The molecule has 0 aromatic carbocycles. The third-order valence-corrected chi connectivity index (χ3v) is 8.84. The Morgan fingerprint density at radius 3 is 1.28 bits per heavy atom. The Bertz CT molecular complexity index is 1060. The fraction of sp³-hybridized carbons (Fsp3) is 0.724. The van der Waals surface area contributed by atoms with E-state index in [2.05, 4.69) is 27.7 Å². The Morgan fingerprint density at radius 2 is 0.897 bits per heavy atom. The van der Waals surface area contributed by atoms with E-state index in [4.69, 9.17) is 37.9 Å². The van der Waals surface area contributed by atoms with Gasteiger partial charge in [-0.3, -0.25) is 0 Å². The second-order valence-electron chi connectivity index (χ2n) is 11.1. The first-order valence-corrected chi connectivity index (χ1v) is 14.3. The van der Waals surface area contributed by atoms with Gasteiger partial charge >= 0.3 is 0 Å². The average Bonchev–Trinajstić information content (AvgIpc) is 3.29. The molecule has 10 heteroatoms. The predicted octanol–water partition coefficient (Wildman–Crippen LogP) is 6.83. The quantitative estimate of drug-likeness (QED) is 0.333. The molecule has 2 fully saturated rings. The van der Waals surface area contributed by atoms with Crippen molar-refractivity contribution in [3.8, 4) is 23.0 Å². The Balaban J connectivity index is 0.000000205. The molecule has 1 spiro atoms. The molecule has 2 saturated heterocycles. The fourth-order valence-corrected chi connectivity index (χ4v) is 6.77. The molecule has 0 aliphatic carbocycles. The smallest absolute Gasteiger partial charge is 0.175 e. The van der Waals surface area contributed by atoms with Crippen LogP contribution in [-0.4, -0.2) is 63.4 Å². The predicted molar refractivity (Wildman–Crippen MR) is 155 cm³/mol. The molecule has 0 bridgehead atoms. The largest absolute Gasteiger partial charge is 0.488 e. The van der Waals surface area contributed by atoms with E-state index in [1.807, 2.05) is 27.7 Å². The number of fused-ring (bicyclic) bond motifs is 3. The monoisotopic (exact) mass is 586 g/mol. The minimum atomic E-state index is -0.552. The molecule has 0 saturated carbocycles. The van der Waals surface area contributed by atoms with Crippen LogP contribution in [0.3, 0.4) is 0 Å². The van der Waals surface area contributed by atoms with E-state index in [-0.39, 0.29) is 32.5 Å². The van der Waals surface area contributed by atoms with Crippen molar-refractivity contribution in [1.29, 1.82) is 0 Å². The Kier molecular flexibility index (Phi) is 9.62. The Morgan fingerprint density at radius 1 is 0.538 bits per heavy atom. The standard InChI is InChI=1S/C14H20O4S.C13H18O4S.2CH4/c1-9-11-12(10(2)19-9)16-6-14(5-15-11)7-17-13(3,4)18-8-14;1-7-11-12(8(2)18-7)15-6-10-9(5-14-11)16-13(3,4)17-10;;/h5-8H2,1-4H3;9-10H,5-6H2,1-4H3;2*1H4. The maximum absolute atomic E-state index is 5.99. The van der Waals surface area contributed by atoms with Crippen LogP contribution in [0.1, 0.15) is 62.1 Å². The van der Waals surface area contributed by atoms with E-state index in [9.17, 15) is 0 Å². The Hall–Kier alpha value is -1.56. The second kappa shape index (κ2) is 11.7. The van der Waals surface area contributed by atoms with E-state index in [0.29, 0.717) is 39.6 Å². The van der Waals surface area contributed by atoms with Gasteiger partial charge in [-0.1, -0.05) is 14.9 Å². The molecular formula is C29H46O8S2. The molecule has 0 amide bonds. The first kappa shape index (κ1) is 32.0. The molecule has 2 aromatic rings. The summed E-state index contributed by atoms with van der Waals surface area (Å²) in [5, 5.41) is 0. The van der Waals surface area contributed by atoms with Crippen molar-refractivity contribution < 1.29 is 37.9 Å². The highest BCUT2D eigenvalue weighted by atomic mass is 32.1. The van der Waals surface area contributed by atoms with Crippen LogP contribution in [0, 0.1) is 33.1 Å². The first-order chi connectivity index (χ1) is 17.4. The number of hydrogen-bond acceptors (Lipinski definition) is 10. The Labute approximate surface area is 241 Å². The van der Waals surface area contributed by atoms with Gasteiger partial charge in [0.2, 0.25) is 0 Å². The molecule has 4 aliphatic rings. The molecule has 4 aliphatic heterocycles. The highest BCUT2D eigenvalue weighted by molar-refractivity contribution is 7.12. The lowest BCUT2D eigenvalue weighted by Gasteiger charge is -2.41. The number of rotatable bonds is 0. The van der Waals surface area contributed by atoms with Crippen molar-refractivity contribution in [2.45, 2.75) is 94.0 Å². The normalized spacial score (nSPS) is 25.4. The molecular weight excluding hydrogens is 540 g/mol. The summed E-state index contributed by atoms with van der Waals surface area (Å²) in [6.07, 6.45) is -0.125. The third-order valence-electron chi connectivity index (χ3n) is 6.87. The van der Waals surface area contributed by atoms with Crippen molar-refractivity contribution in [3.63, 3.8) is 0 Å². The highest BCUT2D eigenvalue weighted by Crippen LogP contribution is 2.46. The van der Waals surface area contributed by atoms with Gasteiger partial charge in [0.25, 0.3) is 0 Å². The van der Waals surface area contributed by atoms with Crippen LogP contribution in [0.15, 0.2) is 0 Å². The van der Waals surface area contributed by atoms with Crippen LogP contribution in [-0.2, 0) is 18.9 Å². The lowest BCUT2D eigenvalue weighted by atomic mass is 9.91. The van der Waals surface area contributed by atoms with Crippen LogP contribution >= 0.6 is 22.7 Å². The summed E-state index contributed by atoms with van der Waals surface area (Å²) in [6, 6.07) is 0. The van der Waals surface area contributed by atoms with Crippen molar-refractivity contribution in [3.05, 3.63) is 19.5 Å². The molecule has 6 rings (SSSR count). The maximum atomic E-state index is 5.99. The van der Waals surface area contributed by atoms with Gasteiger partial charge in [0.15, 0.2) is 34.6 Å². The number of hydrogen-bond donors (Lipinski definition) is 0. The summed E-state index contributed by atoms with van der Waals surface area (Å²) in [5.41, 5.74) is -0.203. The summed E-state index contributed by atoms with van der Waals surface area (Å²) >= 11 is 3.42. The number of aryl methyl sites for hydroxylation is 4. The van der Waals surface area contributed by atoms with Crippen LogP contribution in [0.5, 0.6) is 23.0 Å². The van der Waals surface area contributed by atoms with Crippen molar-refractivity contribution >= 4 is 22.7 Å². The lowest BCUT2D eigenvalue weighted by molar-refractivity contribution is -0.291. The van der Waals surface area contributed by atoms with E-state index in [1.54, 1.807) is 22.7 Å². The van der Waals surface area contributed by atoms with Crippen LogP contribution in [0.2, 0.25) is 0 Å². The SMILES string of the molecule is C.C.Cc1sc(C)c2c1OCC1(CO2)COC(C)(C)OC1.Cc1sc(C)c2c1OCC1OC(C)(C)OC1CO2. The zero-order valence-corrected chi connectivity index (χ0v) is 24.6. The topological polar surface area (TPSA) is 73.8 Å². The minimum absolute atomic E-state index is 0. The zero-order chi connectivity index (χ0) is 26.6. The second-order valence-corrected chi connectivity index (χ2v) is 14.0. The van der Waals surface area contributed by atoms with E-state index in [1.165, 1.54) is 9.75 Å². The molecule has 222 valence electrons. The summed E-state index contributed by atoms with van der Waals surface area (Å²) < 4.78 is 46.9. The van der Waals surface area contributed by atoms with E-state index in [0.717, 1.165) is 32.8 Å². The summed E-state index contributed by atoms with van der Waals surface area (Å²) in [4.78, 5) is 4.64. The molecule has 2 aromatic heterocycles. The summed E-state index contributed by atoms with van der Waals surface area (Å²) in [7, 11) is 0. The molecule has 6 heterocycles.